The first-order chi connectivity index (χ1) is 9.31. The van der Waals surface area contributed by atoms with E-state index >= 15 is 0 Å². The molecule has 20 heavy (non-hydrogen) atoms. The summed E-state index contributed by atoms with van der Waals surface area (Å²) in [6.45, 7) is 5.60. The van der Waals surface area contributed by atoms with E-state index in [-0.39, 0.29) is 25.0 Å². The molecule has 0 radical (unpaired) electrons. The molecular formula is C14H22N4O2. The van der Waals surface area contributed by atoms with Gasteiger partial charge in [-0.15, -0.1) is 0 Å². The van der Waals surface area contributed by atoms with E-state index in [1.807, 2.05) is 32.0 Å². The molecule has 110 valence electrons. The van der Waals surface area contributed by atoms with Gasteiger partial charge in [-0.25, -0.2) is 0 Å². The molecule has 0 spiro atoms. The average Bonchev–Trinajstić information content (AvgIpc) is 2.34. The lowest BCUT2D eigenvalue weighted by Gasteiger charge is -2.25. The number of hydrogen-bond donors (Lipinski definition) is 3. The SMILES string of the molecule is CC(=O)N(C[C@@H](O)CN=C(N)N)c1ccc(C)cc1C. The fraction of sp³-hybridized carbons (Fsp3) is 0.429. The number of rotatable bonds is 5. The highest BCUT2D eigenvalue weighted by Crippen LogP contribution is 2.21. The Balaban J connectivity index is 2.89. The van der Waals surface area contributed by atoms with Crippen LogP contribution in [0.5, 0.6) is 0 Å². The Morgan fingerprint density at radius 3 is 2.55 bits per heavy atom. The Morgan fingerprint density at radius 2 is 2.05 bits per heavy atom. The third kappa shape index (κ3) is 4.55. The lowest BCUT2D eigenvalue weighted by atomic mass is 10.1. The van der Waals surface area contributed by atoms with Crippen molar-refractivity contribution in [2.45, 2.75) is 26.9 Å². The van der Waals surface area contributed by atoms with Gasteiger partial charge in [0.2, 0.25) is 5.91 Å². The number of nitrogens with two attached hydrogens (primary N) is 2. The predicted molar refractivity (Wildman–Crippen MR) is 80.6 cm³/mol. The number of anilines is 1. The van der Waals surface area contributed by atoms with E-state index in [2.05, 4.69) is 4.99 Å². The van der Waals surface area contributed by atoms with Crippen LogP contribution in [0.1, 0.15) is 18.1 Å². The molecule has 1 aromatic carbocycles. The van der Waals surface area contributed by atoms with Crippen molar-refractivity contribution in [2.24, 2.45) is 16.5 Å². The quantitative estimate of drug-likeness (QED) is 0.532. The van der Waals surface area contributed by atoms with Gasteiger partial charge in [0.25, 0.3) is 0 Å². The van der Waals surface area contributed by atoms with Gasteiger partial charge in [0.15, 0.2) is 5.96 Å². The van der Waals surface area contributed by atoms with Gasteiger partial charge >= 0.3 is 0 Å². The number of aliphatic imine (C=N–C) groups is 1. The van der Waals surface area contributed by atoms with Crippen LogP contribution in [0.2, 0.25) is 0 Å². The minimum atomic E-state index is -0.818. The molecule has 0 saturated carbocycles. The van der Waals surface area contributed by atoms with Gasteiger partial charge in [0, 0.05) is 12.6 Å². The Bertz CT molecular complexity index is 510. The summed E-state index contributed by atoms with van der Waals surface area (Å²) in [5.41, 5.74) is 13.3. The van der Waals surface area contributed by atoms with Gasteiger partial charge in [-0.1, -0.05) is 17.7 Å². The molecule has 6 heteroatoms. The van der Waals surface area contributed by atoms with Gasteiger partial charge < -0.3 is 21.5 Å². The van der Waals surface area contributed by atoms with E-state index in [1.165, 1.54) is 11.8 Å². The van der Waals surface area contributed by atoms with E-state index in [9.17, 15) is 9.90 Å². The maximum absolute atomic E-state index is 11.8. The zero-order valence-corrected chi connectivity index (χ0v) is 12.1. The topological polar surface area (TPSA) is 105 Å². The van der Waals surface area contributed by atoms with Crippen molar-refractivity contribution < 1.29 is 9.90 Å². The maximum atomic E-state index is 11.8. The Kier molecular flexibility index (Phi) is 5.52. The Labute approximate surface area is 119 Å². The lowest BCUT2D eigenvalue weighted by molar-refractivity contribution is -0.116. The van der Waals surface area contributed by atoms with Gasteiger partial charge in [-0.2, -0.15) is 0 Å². The first-order valence-corrected chi connectivity index (χ1v) is 6.40. The number of aliphatic hydroxyl groups excluding tert-OH is 1. The number of guanidine groups is 1. The molecule has 0 aliphatic rings. The maximum Gasteiger partial charge on any atom is 0.223 e. The summed E-state index contributed by atoms with van der Waals surface area (Å²) < 4.78 is 0. The van der Waals surface area contributed by atoms with Gasteiger partial charge in [-0.05, 0) is 25.5 Å². The third-order valence-corrected chi connectivity index (χ3v) is 2.90. The summed E-state index contributed by atoms with van der Waals surface area (Å²) in [6.07, 6.45) is -0.818. The van der Waals surface area contributed by atoms with Crippen molar-refractivity contribution in [1.82, 2.24) is 0 Å². The Hall–Kier alpha value is -2.08. The molecule has 0 heterocycles. The predicted octanol–water partition coefficient (Wildman–Crippen LogP) is 0.291. The fourth-order valence-corrected chi connectivity index (χ4v) is 1.98. The minimum absolute atomic E-state index is 0.0665. The smallest absolute Gasteiger partial charge is 0.223 e. The van der Waals surface area contributed by atoms with Crippen LogP contribution in [0, 0.1) is 13.8 Å². The average molecular weight is 278 g/mol. The number of hydrogen-bond acceptors (Lipinski definition) is 3. The Morgan fingerprint density at radius 1 is 1.40 bits per heavy atom. The van der Waals surface area contributed by atoms with Crippen LogP contribution in [0.25, 0.3) is 0 Å². The highest BCUT2D eigenvalue weighted by Gasteiger charge is 2.17. The van der Waals surface area contributed by atoms with Crippen molar-refractivity contribution in [3.63, 3.8) is 0 Å². The standard InChI is InChI=1S/C14H22N4O2/c1-9-4-5-13(10(2)6-9)18(11(3)19)8-12(20)7-17-14(15)16/h4-6,12,20H,7-8H2,1-3H3,(H4,15,16,17)/t12-/m0/s1. The largest absolute Gasteiger partial charge is 0.389 e. The molecule has 0 unspecified atom stereocenters. The van der Waals surface area contributed by atoms with Crippen molar-refractivity contribution in [3.05, 3.63) is 29.3 Å². The monoisotopic (exact) mass is 278 g/mol. The second-order valence-corrected chi connectivity index (χ2v) is 4.84. The number of carbonyl (C=O) groups is 1. The minimum Gasteiger partial charge on any atom is -0.389 e. The summed E-state index contributed by atoms with van der Waals surface area (Å²) >= 11 is 0. The van der Waals surface area contributed by atoms with Crippen LogP contribution in [0.4, 0.5) is 5.69 Å². The first kappa shape index (κ1) is 16.0. The van der Waals surface area contributed by atoms with Gasteiger partial charge in [0.1, 0.15) is 0 Å². The molecule has 1 atom stereocenters. The second-order valence-electron chi connectivity index (χ2n) is 4.84. The van der Waals surface area contributed by atoms with Crippen LogP contribution in [0.3, 0.4) is 0 Å². The number of amides is 1. The molecule has 0 bridgehead atoms. The number of carbonyl (C=O) groups excluding carboxylic acids is 1. The van der Waals surface area contributed by atoms with Crippen molar-refractivity contribution in [2.75, 3.05) is 18.0 Å². The highest BCUT2D eigenvalue weighted by atomic mass is 16.3. The molecule has 1 rings (SSSR count). The number of aryl methyl sites for hydroxylation is 2. The summed E-state index contributed by atoms with van der Waals surface area (Å²) in [5, 5.41) is 9.91. The molecule has 0 aromatic heterocycles. The van der Waals surface area contributed by atoms with E-state index in [0.717, 1.165) is 16.8 Å². The van der Waals surface area contributed by atoms with Crippen LogP contribution >= 0.6 is 0 Å². The lowest BCUT2D eigenvalue weighted by Crippen LogP contribution is -2.38. The molecule has 1 aromatic rings. The zero-order valence-electron chi connectivity index (χ0n) is 12.1. The molecule has 5 N–H and O–H groups in total. The first-order valence-electron chi connectivity index (χ1n) is 6.40. The van der Waals surface area contributed by atoms with Crippen LogP contribution in [-0.4, -0.2) is 36.2 Å². The number of benzene rings is 1. The van der Waals surface area contributed by atoms with E-state index in [0.29, 0.717) is 0 Å². The molecule has 0 fully saturated rings. The summed E-state index contributed by atoms with van der Waals surface area (Å²) in [5.74, 6) is -0.217. The van der Waals surface area contributed by atoms with Crippen LogP contribution in [-0.2, 0) is 4.79 Å². The van der Waals surface area contributed by atoms with Crippen LogP contribution in [0.15, 0.2) is 23.2 Å². The fourth-order valence-electron chi connectivity index (χ4n) is 1.98. The van der Waals surface area contributed by atoms with E-state index in [1.54, 1.807) is 0 Å². The van der Waals surface area contributed by atoms with Gasteiger partial charge in [0.05, 0.1) is 19.2 Å². The van der Waals surface area contributed by atoms with Crippen LogP contribution < -0.4 is 16.4 Å². The van der Waals surface area contributed by atoms with Crippen molar-refractivity contribution in [3.8, 4) is 0 Å². The second kappa shape index (κ2) is 6.91. The molecule has 0 aliphatic heterocycles. The van der Waals surface area contributed by atoms with Crippen molar-refractivity contribution in [1.29, 1.82) is 0 Å². The molecule has 0 aliphatic carbocycles. The summed E-state index contributed by atoms with van der Waals surface area (Å²) in [7, 11) is 0. The molecule has 0 saturated heterocycles. The normalized spacial score (nSPS) is 11.8. The highest BCUT2D eigenvalue weighted by molar-refractivity contribution is 5.92. The summed E-state index contributed by atoms with van der Waals surface area (Å²) in [4.78, 5) is 17.1. The van der Waals surface area contributed by atoms with Gasteiger partial charge in [-0.3, -0.25) is 9.79 Å². The number of nitrogens with zero attached hydrogens (tertiary/aromatic N) is 2. The summed E-state index contributed by atoms with van der Waals surface area (Å²) in [6, 6.07) is 5.80. The van der Waals surface area contributed by atoms with Crippen molar-refractivity contribution >= 4 is 17.6 Å². The molecule has 1 amide bonds. The molecular weight excluding hydrogens is 256 g/mol. The van der Waals surface area contributed by atoms with E-state index < -0.39 is 6.10 Å². The third-order valence-electron chi connectivity index (χ3n) is 2.90. The number of aliphatic hydroxyl groups is 1. The van der Waals surface area contributed by atoms with E-state index in [4.69, 9.17) is 11.5 Å². The zero-order chi connectivity index (χ0) is 15.3. The molecule has 6 nitrogen and oxygen atoms in total.